The number of hydrogen-bond donors (Lipinski definition) is 2. The van der Waals surface area contributed by atoms with E-state index < -0.39 is 11.4 Å². The molecule has 0 radical (unpaired) electrons. The standard InChI is InChI=1S/C27H30N4O3S/c1-18(2)35(33)30-24(16-19-8-7-13-26(28-19)31-15-14-20(32)17-31)21-9-3-4-10-22(21)27-23-11-5-6-12-25(23)34-29-27/h3-13,18,20,24,30,32H,14-17H2,1-2H3/t20-,24?,35-/m0/s1. The van der Waals surface area contributed by atoms with E-state index in [1.54, 1.807) is 0 Å². The maximum atomic E-state index is 12.9. The number of aliphatic hydroxyl groups is 1. The van der Waals surface area contributed by atoms with Crippen molar-refractivity contribution >= 4 is 28.1 Å². The van der Waals surface area contributed by atoms with Gasteiger partial charge in [-0.15, -0.1) is 4.72 Å². The number of pyridine rings is 1. The number of benzene rings is 2. The van der Waals surface area contributed by atoms with Gasteiger partial charge in [-0.2, -0.15) is 0 Å². The van der Waals surface area contributed by atoms with Gasteiger partial charge in [0, 0.05) is 47.5 Å². The minimum atomic E-state index is -1.24. The summed E-state index contributed by atoms with van der Waals surface area (Å²) in [4.78, 5) is 7.00. The Morgan fingerprint density at radius 2 is 1.91 bits per heavy atom. The van der Waals surface area contributed by atoms with Crippen LogP contribution in [0.3, 0.4) is 0 Å². The molecule has 0 spiro atoms. The van der Waals surface area contributed by atoms with Crippen LogP contribution in [0.15, 0.2) is 71.3 Å². The number of β-amino-alcohol motifs (C(OH)–C–C–N with tert-alkyl or cyclic N) is 1. The molecule has 4 aromatic rings. The lowest BCUT2D eigenvalue weighted by Crippen LogP contribution is -2.35. The first-order valence-electron chi connectivity index (χ1n) is 12.0. The average molecular weight is 491 g/mol. The Morgan fingerprint density at radius 1 is 1.11 bits per heavy atom. The molecule has 1 unspecified atom stereocenters. The molecule has 5 rings (SSSR count). The van der Waals surface area contributed by atoms with Crippen molar-refractivity contribution in [1.82, 2.24) is 14.9 Å². The van der Waals surface area contributed by atoms with Gasteiger partial charge in [0.2, 0.25) is 0 Å². The lowest BCUT2D eigenvalue weighted by atomic mass is 9.94. The van der Waals surface area contributed by atoms with Crippen molar-refractivity contribution in [2.75, 3.05) is 18.0 Å². The number of rotatable bonds is 8. The molecule has 8 heteroatoms. The molecular weight excluding hydrogens is 460 g/mol. The molecule has 2 N–H and O–H groups in total. The van der Waals surface area contributed by atoms with Crippen molar-refractivity contribution in [3.8, 4) is 11.3 Å². The second-order valence-electron chi connectivity index (χ2n) is 9.21. The summed E-state index contributed by atoms with van der Waals surface area (Å²) in [6.45, 7) is 5.26. The highest BCUT2D eigenvalue weighted by Gasteiger charge is 2.27. The monoisotopic (exact) mass is 490 g/mol. The number of nitrogens with zero attached hydrogens (tertiary/aromatic N) is 3. The number of para-hydroxylation sites is 1. The molecule has 0 bridgehead atoms. The van der Waals surface area contributed by atoms with Crippen molar-refractivity contribution in [3.05, 3.63) is 78.0 Å². The summed E-state index contributed by atoms with van der Waals surface area (Å²) < 4.78 is 21.9. The van der Waals surface area contributed by atoms with Crippen molar-refractivity contribution in [1.29, 1.82) is 0 Å². The fourth-order valence-electron chi connectivity index (χ4n) is 4.50. The molecule has 182 valence electrons. The lowest BCUT2D eigenvalue weighted by Gasteiger charge is -2.24. The quantitative estimate of drug-likeness (QED) is 0.353. The summed E-state index contributed by atoms with van der Waals surface area (Å²) in [7, 11) is 0. The van der Waals surface area contributed by atoms with E-state index in [9.17, 15) is 9.66 Å². The van der Waals surface area contributed by atoms with E-state index in [2.05, 4.69) is 20.8 Å². The van der Waals surface area contributed by atoms with E-state index in [1.165, 1.54) is 0 Å². The predicted octanol–water partition coefficient (Wildman–Crippen LogP) is 4.41. The van der Waals surface area contributed by atoms with Crippen LogP contribution in [-0.4, -0.2) is 44.2 Å². The van der Waals surface area contributed by atoms with Gasteiger partial charge in [0.05, 0.1) is 12.1 Å². The second kappa shape index (κ2) is 10.4. The summed E-state index contributed by atoms with van der Waals surface area (Å²) in [5, 5.41) is 15.2. The third-order valence-corrected chi connectivity index (χ3v) is 7.72. The third-order valence-electron chi connectivity index (χ3n) is 6.35. The van der Waals surface area contributed by atoms with Gasteiger partial charge in [-0.3, -0.25) is 0 Å². The average Bonchev–Trinajstić information content (AvgIpc) is 3.50. The normalized spacial score (nSPS) is 17.9. The van der Waals surface area contributed by atoms with E-state index in [1.807, 2.05) is 74.5 Å². The number of anilines is 1. The molecule has 0 amide bonds. The molecule has 3 heterocycles. The Morgan fingerprint density at radius 3 is 2.71 bits per heavy atom. The van der Waals surface area contributed by atoms with Gasteiger partial charge in [-0.1, -0.05) is 47.6 Å². The first-order valence-corrected chi connectivity index (χ1v) is 13.2. The van der Waals surface area contributed by atoms with Gasteiger partial charge in [-0.05, 0) is 50.1 Å². The minimum absolute atomic E-state index is 0.0390. The van der Waals surface area contributed by atoms with Gasteiger partial charge in [-0.25, -0.2) is 4.98 Å². The molecule has 0 saturated carbocycles. The number of hydrogen-bond acceptors (Lipinski definition) is 7. The Hall–Kier alpha value is -2.91. The van der Waals surface area contributed by atoms with Crippen LogP contribution in [0.2, 0.25) is 0 Å². The van der Waals surface area contributed by atoms with Crippen LogP contribution in [-0.2, 0) is 17.8 Å². The van der Waals surface area contributed by atoms with Crippen molar-refractivity contribution in [3.63, 3.8) is 0 Å². The zero-order chi connectivity index (χ0) is 24.4. The zero-order valence-corrected chi connectivity index (χ0v) is 20.7. The van der Waals surface area contributed by atoms with Gasteiger partial charge >= 0.3 is 0 Å². The molecule has 2 aromatic carbocycles. The molecule has 0 aliphatic carbocycles. The number of aliphatic hydroxyl groups excluding tert-OH is 1. The van der Waals surface area contributed by atoms with Crippen LogP contribution in [0.25, 0.3) is 22.2 Å². The van der Waals surface area contributed by atoms with E-state index >= 15 is 0 Å². The third kappa shape index (κ3) is 5.21. The van der Waals surface area contributed by atoms with E-state index in [4.69, 9.17) is 9.51 Å². The van der Waals surface area contributed by atoms with Crippen molar-refractivity contribution in [2.24, 2.45) is 0 Å². The topological polar surface area (TPSA) is 97.5 Å². The Labute approximate surface area is 208 Å². The molecule has 35 heavy (non-hydrogen) atoms. The van der Waals surface area contributed by atoms with Crippen LogP contribution in [0.5, 0.6) is 0 Å². The summed E-state index contributed by atoms with van der Waals surface area (Å²) in [5.74, 6) is 0.860. The molecule has 1 saturated heterocycles. The molecule has 1 fully saturated rings. The van der Waals surface area contributed by atoms with Crippen molar-refractivity contribution in [2.45, 2.75) is 44.1 Å². The number of aromatic nitrogens is 2. The maximum Gasteiger partial charge on any atom is 0.167 e. The second-order valence-corrected chi connectivity index (χ2v) is 11.0. The summed E-state index contributed by atoms with van der Waals surface area (Å²) in [6.07, 6.45) is 0.991. The highest BCUT2D eigenvalue weighted by molar-refractivity contribution is 7.90. The number of nitrogens with one attached hydrogen (secondary N) is 1. The van der Waals surface area contributed by atoms with E-state index in [0.29, 0.717) is 13.0 Å². The predicted molar refractivity (Wildman–Crippen MR) is 139 cm³/mol. The first kappa shape index (κ1) is 23.8. The number of fused-ring (bicyclic) bond motifs is 1. The first-order chi connectivity index (χ1) is 17.0. The van der Waals surface area contributed by atoms with Crippen LogP contribution >= 0.6 is 0 Å². The van der Waals surface area contributed by atoms with Gasteiger partial charge in [0.25, 0.3) is 0 Å². The molecule has 3 atom stereocenters. The minimum Gasteiger partial charge on any atom is -0.598 e. The fourth-order valence-corrected chi connectivity index (χ4v) is 5.27. The molecule has 2 aromatic heterocycles. The fraction of sp³-hybridized carbons (Fsp3) is 0.333. The molecular formula is C27H30N4O3S. The Kier molecular flexibility index (Phi) is 7.06. The Bertz CT molecular complexity index is 1290. The molecule has 7 nitrogen and oxygen atoms in total. The summed E-state index contributed by atoms with van der Waals surface area (Å²) >= 11 is -1.24. The largest absolute Gasteiger partial charge is 0.598 e. The van der Waals surface area contributed by atoms with Gasteiger partial charge < -0.3 is 19.1 Å². The van der Waals surface area contributed by atoms with Gasteiger partial charge in [0.1, 0.15) is 16.8 Å². The van der Waals surface area contributed by atoms with Crippen LogP contribution in [0, 0.1) is 0 Å². The van der Waals surface area contributed by atoms with E-state index in [0.717, 1.165) is 52.3 Å². The summed E-state index contributed by atoms with van der Waals surface area (Å²) in [5.41, 5.74) is 4.32. The Balaban J connectivity index is 1.51. The smallest absolute Gasteiger partial charge is 0.167 e. The van der Waals surface area contributed by atoms with Gasteiger partial charge in [0.15, 0.2) is 5.58 Å². The van der Waals surface area contributed by atoms with E-state index in [-0.39, 0.29) is 17.4 Å². The summed E-state index contributed by atoms with van der Waals surface area (Å²) in [6, 6.07) is 21.6. The molecule has 1 aliphatic rings. The SMILES string of the molecule is CC(C)[S@+]([O-])NC(Cc1cccc(N2CC[C@H](O)C2)n1)c1ccccc1-c1noc2ccccc12. The highest BCUT2D eigenvalue weighted by Crippen LogP contribution is 2.34. The van der Waals surface area contributed by atoms with Crippen molar-refractivity contribution < 1.29 is 14.2 Å². The maximum absolute atomic E-state index is 12.9. The highest BCUT2D eigenvalue weighted by atomic mass is 32.2. The zero-order valence-electron chi connectivity index (χ0n) is 19.9. The van der Waals surface area contributed by atoms with Crippen LogP contribution < -0.4 is 9.62 Å². The lowest BCUT2D eigenvalue weighted by molar-refractivity contribution is 0.198. The molecule has 1 aliphatic heterocycles. The van der Waals surface area contributed by atoms with Crippen LogP contribution in [0.4, 0.5) is 5.82 Å². The van der Waals surface area contributed by atoms with Crippen LogP contribution in [0.1, 0.15) is 37.6 Å².